The number of pyridine rings is 1. The Labute approximate surface area is 132 Å². The van der Waals surface area contributed by atoms with Crippen LogP contribution in [0.3, 0.4) is 0 Å². The lowest BCUT2D eigenvalue weighted by molar-refractivity contribution is 0.301. The van der Waals surface area contributed by atoms with Crippen LogP contribution >= 0.6 is 15.2 Å². The second kappa shape index (κ2) is 6.93. The molecule has 4 N–H and O–H groups in total. The Morgan fingerprint density at radius 3 is 2.04 bits per heavy atom. The van der Waals surface area contributed by atoms with Gasteiger partial charge in [-0.2, -0.15) is 0 Å². The third kappa shape index (κ3) is 4.97. The largest absolute Gasteiger partial charge is 0.487 e. The van der Waals surface area contributed by atoms with E-state index in [4.69, 9.17) is 24.3 Å². The molecular formula is C13H15NO7P2. The minimum Gasteiger partial charge on any atom is -0.487 e. The summed E-state index contributed by atoms with van der Waals surface area (Å²) < 4.78 is 28.1. The highest BCUT2D eigenvalue weighted by Gasteiger charge is 2.44. The molecule has 0 aliphatic rings. The summed E-state index contributed by atoms with van der Waals surface area (Å²) in [7, 11) is -10.0. The van der Waals surface area contributed by atoms with E-state index in [0.717, 1.165) is 0 Å². The first-order valence-electron chi connectivity index (χ1n) is 6.41. The van der Waals surface area contributed by atoms with E-state index in [2.05, 4.69) is 4.98 Å². The molecule has 1 heterocycles. The molecule has 0 aliphatic carbocycles. The zero-order valence-electron chi connectivity index (χ0n) is 11.8. The van der Waals surface area contributed by atoms with Gasteiger partial charge in [-0.1, -0.05) is 18.2 Å². The maximum Gasteiger partial charge on any atom is 0.345 e. The zero-order chi connectivity index (χ0) is 17.1. The molecule has 0 unspecified atom stereocenters. The van der Waals surface area contributed by atoms with Crippen molar-refractivity contribution in [3.63, 3.8) is 0 Å². The highest BCUT2D eigenvalue weighted by molar-refractivity contribution is 7.70. The Bertz CT molecular complexity index is 717. The van der Waals surface area contributed by atoms with Crippen molar-refractivity contribution in [2.45, 2.75) is 12.0 Å². The SMILES string of the molecule is O=P(O)(O)C(c1ccc(OCc2ccccn2)cc1)P(=O)(O)O. The number of hydrogen-bond donors (Lipinski definition) is 4. The van der Waals surface area contributed by atoms with Gasteiger partial charge >= 0.3 is 15.2 Å². The first-order chi connectivity index (χ1) is 10.7. The molecule has 0 fully saturated rings. The lowest BCUT2D eigenvalue weighted by Gasteiger charge is -2.20. The third-order valence-corrected chi connectivity index (χ3v) is 6.60. The highest BCUT2D eigenvalue weighted by Crippen LogP contribution is 2.69. The summed E-state index contributed by atoms with van der Waals surface area (Å²) in [5.41, 5.74) is 0.539. The van der Waals surface area contributed by atoms with Crippen LogP contribution in [-0.4, -0.2) is 24.6 Å². The van der Waals surface area contributed by atoms with Gasteiger partial charge in [-0.05, 0) is 29.8 Å². The fourth-order valence-electron chi connectivity index (χ4n) is 1.96. The smallest absolute Gasteiger partial charge is 0.345 e. The van der Waals surface area contributed by atoms with E-state index in [1.54, 1.807) is 24.4 Å². The van der Waals surface area contributed by atoms with Crippen molar-refractivity contribution in [2.24, 2.45) is 0 Å². The summed E-state index contributed by atoms with van der Waals surface area (Å²) in [6.45, 7) is 0.195. The average molecular weight is 359 g/mol. The van der Waals surface area contributed by atoms with E-state index < -0.39 is 20.6 Å². The predicted molar refractivity (Wildman–Crippen MR) is 81.8 cm³/mol. The molecule has 23 heavy (non-hydrogen) atoms. The van der Waals surface area contributed by atoms with Gasteiger partial charge < -0.3 is 24.3 Å². The lowest BCUT2D eigenvalue weighted by Crippen LogP contribution is -2.02. The van der Waals surface area contributed by atoms with Gasteiger partial charge in [-0.15, -0.1) is 0 Å². The van der Waals surface area contributed by atoms with Crippen molar-refractivity contribution < 1.29 is 33.4 Å². The first-order valence-corrected chi connectivity index (χ1v) is 9.77. The molecular weight excluding hydrogens is 344 g/mol. The topological polar surface area (TPSA) is 137 Å². The summed E-state index contributed by atoms with van der Waals surface area (Å²) in [6, 6.07) is 10.5. The van der Waals surface area contributed by atoms with Gasteiger partial charge in [0, 0.05) is 6.20 Å². The molecule has 0 aliphatic heterocycles. The summed E-state index contributed by atoms with van der Waals surface area (Å²) in [5, 5.41) is -2.18. The number of nitrogens with zero attached hydrogens (tertiary/aromatic N) is 1. The maximum atomic E-state index is 11.3. The molecule has 0 spiro atoms. The maximum absolute atomic E-state index is 11.3. The van der Waals surface area contributed by atoms with Crippen LogP contribution in [0, 0.1) is 0 Å². The Hall–Kier alpha value is -1.53. The molecule has 2 rings (SSSR count). The average Bonchev–Trinajstić information content (AvgIpc) is 2.45. The quantitative estimate of drug-likeness (QED) is 0.575. The Balaban J connectivity index is 2.15. The summed E-state index contributed by atoms with van der Waals surface area (Å²) in [6.07, 6.45) is 1.62. The van der Waals surface area contributed by atoms with Crippen LogP contribution in [0.2, 0.25) is 0 Å². The van der Waals surface area contributed by atoms with Gasteiger partial charge in [0.2, 0.25) is 0 Å². The standard InChI is InChI=1S/C13H15NO7P2/c15-22(16,17)13(23(18,19)20)10-4-6-12(7-5-10)21-9-11-3-1-2-8-14-11/h1-8,13H,9H2,(H2,15,16,17)(H2,18,19,20). The van der Waals surface area contributed by atoms with Crippen LogP contribution in [0.4, 0.5) is 0 Å². The molecule has 0 atom stereocenters. The van der Waals surface area contributed by atoms with Crippen molar-refractivity contribution in [1.29, 1.82) is 0 Å². The second-order valence-electron chi connectivity index (χ2n) is 4.73. The van der Waals surface area contributed by atoms with Crippen molar-refractivity contribution in [3.8, 4) is 5.75 Å². The summed E-state index contributed by atoms with van der Waals surface area (Å²) >= 11 is 0. The monoisotopic (exact) mass is 359 g/mol. The number of aromatic nitrogens is 1. The van der Waals surface area contributed by atoms with Gasteiger partial charge in [0.25, 0.3) is 0 Å². The molecule has 0 amide bonds. The molecule has 1 aromatic heterocycles. The normalized spacial score (nSPS) is 12.4. The Morgan fingerprint density at radius 1 is 0.957 bits per heavy atom. The van der Waals surface area contributed by atoms with Gasteiger partial charge in [-0.3, -0.25) is 14.1 Å². The molecule has 0 bridgehead atoms. The molecule has 2 aromatic rings. The molecule has 10 heteroatoms. The summed E-state index contributed by atoms with van der Waals surface area (Å²) in [4.78, 5) is 40.7. The van der Waals surface area contributed by atoms with Gasteiger partial charge in [0.05, 0.1) is 5.69 Å². The van der Waals surface area contributed by atoms with Crippen molar-refractivity contribution in [1.82, 2.24) is 4.98 Å². The molecule has 0 saturated heterocycles. The minimum atomic E-state index is -5.01. The molecule has 8 nitrogen and oxygen atoms in total. The van der Waals surface area contributed by atoms with Crippen LogP contribution in [-0.2, 0) is 15.7 Å². The third-order valence-electron chi connectivity index (χ3n) is 2.93. The highest BCUT2D eigenvalue weighted by atomic mass is 31.2. The van der Waals surface area contributed by atoms with Gasteiger partial charge in [0.1, 0.15) is 12.4 Å². The van der Waals surface area contributed by atoms with E-state index in [0.29, 0.717) is 11.4 Å². The van der Waals surface area contributed by atoms with E-state index in [1.165, 1.54) is 24.3 Å². The Kier molecular flexibility index (Phi) is 5.37. The fraction of sp³-hybridized carbons (Fsp3) is 0.154. The number of hydrogen-bond acceptors (Lipinski definition) is 4. The predicted octanol–water partition coefficient (Wildman–Crippen LogP) is 2.01. The lowest BCUT2D eigenvalue weighted by atomic mass is 10.2. The molecule has 0 saturated carbocycles. The van der Waals surface area contributed by atoms with E-state index in [9.17, 15) is 9.13 Å². The Morgan fingerprint density at radius 2 is 1.57 bits per heavy atom. The number of ether oxygens (including phenoxy) is 1. The van der Waals surface area contributed by atoms with Crippen LogP contribution in [0.25, 0.3) is 0 Å². The van der Waals surface area contributed by atoms with E-state index >= 15 is 0 Å². The first kappa shape index (κ1) is 17.8. The summed E-state index contributed by atoms with van der Waals surface area (Å²) in [5.74, 6) is 0.384. The van der Waals surface area contributed by atoms with Crippen LogP contribution < -0.4 is 4.74 Å². The molecule has 1 aromatic carbocycles. The van der Waals surface area contributed by atoms with Crippen molar-refractivity contribution in [2.75, 3.05) is 0 Å². The van der Waals surface area contributed by atoms with Crippen LogP contribution in [0.1, 0.15) is 16.7 Å². The van der Waals surface area contributed by atoms with E-state index in [-0.39, 0.29) is 12.2 Å². The minimum absolute atomic E-state index is 0.156. The number of benzene rings is 1. The molecule has 0 radical (unpaired) electrons. The van der Waals surface area contributed by atoms with Crippen LogP contribution in [0.5, 0.6) is 5.75 Å². The van der Waals surface area contributed by atoms with Crippen LogP contribution in [0.15, 0.2) is 48.7 Å². The van der Waals surface area contributed by atoms with E-state index in [1.807, 2.05) is 0 Å². The van der Waals surface area contributed by atoms with Crippen molar-refractivity contribution in [3.05, 3.63) is 59.9 Å². The number of rotatable bonds is 6. The molecule has 124 valence electrons. The van der Waals surface area contributed by atoms with Gasteiger partial charge in [0.15, 0.2) is 5.40 Å². The zero-order valence-corrected chi connectivity index (χ0v) is 13.5. The second-order valence-corrected chi connectivity index (χ2v) is 8.53. The fourth-order valence-corrected chi connectivity index (χ4v) is 4.65. The van der Waals surface area contributed by atoms with Crippen molar-refractivity contribution >= 4 is 15.2 Å². The van der Waals surface area contributed by atoms with Gasteiger partial charge in [-0.25, -0.2) is 0 Å².